The third kappa shape index (κ3) is 3.98. The fraction of sp³-hybridized carbons (Fsp3) is 0.571. The highest BCUT2D eigenvalue weighted by Gasteiger charge is 2.34. The lowest BCUT2D eigenvalue weighted by Crippen LogP contribution is -2.58. The second kappa shape index (κ2) is 7.40. The van der Waals surface area contributed by atoms with Crippen molar-refractivity contribution in [2.24, 2.45) is 0 Å². The highest BCUT2D eigenvalue weighted by Crippen LogP contribution is 2.12. The van der Waals surface area contributed by atoms with E-state index in [2.05, 4.69) is 10.1 Å². The summed E-state index contributed by atoms with van der Waals surface area (Å²) in [6.45, 7) is 2.75. The Morgan fingerprint density at radius 1 is 1.43 bits per heavy atom. The summed E-state index contributed by atoms with van der Waals surface area (Å²) in [6, 6.07) is -0.857. The predicted molar refractivity (Wildman–Crippen MR) is 83.1 cm³/mol. The molecule has 1 N–H and O–H groups in total. The molecule has 1 aromatic rings. The van der Waals surface area contributed by atoms with Crippen LogP contribution in [0.25, 0.3) is 0 Å². The first-order valence-corrected chi connectivity index (χ1v) is 8.11. The number of aryl methyl sites for hydroxylation is 1. The van der Waals surface area contributed by atoms with Gasteiger partial charge >= 0.3 is 10.8 Å². The van der Waals surface area contributed by atoms with Crippen LogP contribution in [-0.2, 0) is 25.7 Å². The van der Waals surface area contributed by atoms with E-state index in [0.29, 0.717) is 13.1 Å². The fourth-order valence-corrected chi connectivity index (χ4v) is 3.24. The lowest BCUT2D eigenvalue weighted by atomic mass is 10.1. The Bertz CT molecular complexity index is 666. The molecule has 1 aromatic heterocycles. The molecule has 0 aliphatic carbocycles. The maximum atomic E-state index is 12.4. The van der Waals surface area contributed by atoms with Crippen molar-refractivity contribution in [3.63, 3.8) is 0 Å². The molecule has 1 atom stereocenters. The van der Waals surface area contributed by atoms with Gasteiger partial charge in [-0.15, -0.1) is 0 Å². The average Bonchev–Trinajstić information content (AvgIpc) is 2.85. The van der Waals surface area contributed by atoms with Crippen molar-refractivity contribution in [1.29, 1.82) is 0 Å². The topological polar surface area (TPSA) is 97.7 Å². The van der Waals surface area contributed by atoms with E-state index >= 15 is 0 Å². The second-order valence-electron chi connectivity index (χ2n) is 5.22. The van der Waals surface area contributed by atoms with E-state index in [1.54, 1.807) is 12.3 Å². The molecule has 2 rings (SSSR count). The molecule has 0 unspecified atom stereocenters. The summed E-state index contributed by atoms with van der Waals surface area (Å²) in [5.41, 5.74) is 0.801. The molecule has 0 spiro atoms. The molecule has 126 valence electrons. The summed E-state index contributed by atoms with van der Waals surface area (Å²) in [5, 5.41) is 4.38. The third-order valence-electron chi connectivity index (χ3n) is 3.76. The van der Waals surface area contributed by atoms with Gasteiger partial charge in [0.05, 0.1) is 13.5 Å². The molecule has 23 heavy (non-hydrogen) atoms. The van der Waals surface area contributed by atoms with Gasteiger partial charge in [0.15, 0.2) is 0 Å². The van der Waals surface area contributed by atoms with Crippen LogP contribution < -0.4 is 10.2 Å². The van der Waals surface area contributed by atoms with E-state index < -0.39 is 12.0 Å². The molecule has 2 amide bonds. The Morgan fingerprint density at radius 2 is 2.17 bits per heavy atom. The summed E-state index contributed by atoms with van der Waals surface area (Å²) >= 11 is 1.09. The van der Waals surface area contributed by atoms with E-state index in [1.807, 2.05) is 0 Å². The molecule has 1 aliphatic heterocycles. The Labute approximate surface area is 137 Å². The molecular formula is C14H19N3O5S. The van der Waals surface area contributed by atoms with Crippen molar-refractivity contribution in [2.45, 2.75) is 32.4 Å². The van der Waals surface area contributed by atoms with Gasteiger partial charge in [-0.2, -0.15) is 0 Å². The van der Waals surface area contributed by atoms with Crippen LogP contribution in [0.3, 0.4) is 0 Å². The number of nitrogens with zero attached hydrogens (tertiary/aromatic N) is 2. The van der Waals surface area contributed by atoms with Crippen LogP contribution in [0.15, 0.2) is 10.2 Å². The number of hydrogen-bond donors (Lipinski definition) is 1. The van der Waals surface area contributed by atoms with Gasteiger partial charge in [-0.3, -0.25) is 19.2 Å². The number of carbonyl (C=O) groups excluding carboxylic acids is 3. The summed E-state index contributed by atoms with van der Waals surface area (Å²) in [5.74, 6) is -1.17. The van der Waals surface area contributed by atoms with Crippen LogP contribution in [0.1, 0.15) is 18.5 Å². The highest BCUT2D eigenvalue weighted by molar-refractivity contribution is 7.07. The van der Waals surface area contributed by atoms with Gasteiger partial charge in [0.25, 0.3) is 0 Å². The zero-order valence-corrected chi connectivity index (χ0v) is 13.9. The zero-order chi connectivity index (χ0) is 17.0. The van der Waals surface area contributed by atoms with E-state index in [9.17, 15) is 19.2 Å². The van der Waals surface area contributed by atoms with Crippen molar-refractivity contribution in [3.8, 4) is 0 Å². The average molecular weight is 341 g/mol. The summed E-state index contributed by atoms with van der Waals surface area (Å²) < 4.78 is 6.11. The van der Waals surface area contributed by atoms with Crippen molar-refractivity contribution in [2.75, 3.05) is 20.2 Å². The molecule has 0 bridgehead atoms. The van der Waals surface area contributed by atoms with Crippen LogP contribution in [0.5, 0.6) is 0 Å². The van der Waals surface area contributed by atoms with Gasteiger partial charge in [0.1, 0.15) is 6.04 Å². The largest absolute Gasteiger partial charge is 0.469 e. The molecular weight excluding hydrogens is 322 g/mol. The van der Waals surface area contributed by atoms with E-state index in [4.69, 9.17) is 0 Å². The number of piperazine rings is 1. The van der Waals surface area contributed by atoms with Gasteiger partial charge < -0.3 is 19.5 Å². The SMILES string of the molecule is COC(=O)C[C@H]1C(=O)NCCN1C(=O)CCn1c(C)csc1=O. The molecule has 0 aromatic carbocycles. The monoisotopic (exact) mass is 341 g/mol. The number of nitrogens with one attached hydrogen (secondary N) is 1. The van der Waals surface area contributed by atoms with E-state index in [-0.39, 0.29) is 36.1 Å². The minimum Gasteiger partial charge on any atom is -0.469 e. The maximum absolute atomic E-state index is 12.4. The molecule has 1 saturated heterocycles. The molecule has 8 nitrogen and oxygen atoms in total. The molecule has 1 aliphatic rings. The van der Waals surface area contributed by atoms with Gasteiger partial charge in [-0.25, -0.2) is 0 Å². The fourth-order valence-electron chi connectivity index (χ4n) is 2.48. The maximum Gasteiger partial charge on any atom is 0.308 e. The zero-order valence-electron chi connectivity index (χ0n) is 13.0. The van der Waals surface area contributed by atoms with E-state index in [0.717, 1.165) is 17.0 Å². The number of ether oxygens (including phenoxy) is 1. The Hall–Kier alpha value is -2.16. The van der Waals surface area contributed by atoms with Gasteiger partial charge in [0.2, 0.25) is 11.8 Å². The lowest BCUT2D eigenvalue weighted by Gasteiger charge is -2.34. The van der Waals surface area contributed by atoms with Crippen LogP contribution in [0, 0.1) is 6.92 Å². The smallest absolute Gasteiger partial charge is 0.308 e. The Morgan fingerprint density at radius 3 is 2.78 bits per heavy atom. The number of methoxy groups -OCH3 is 1. The van der Waals surface area contributed by atoms with Gasteiger partial charge in [-0.05, 0) is 6.92 Å². The lowest BCUT2D eigenvalue weighted by molar-refractivity contribution is -0.150. The van der Waals surface area contributed by atoms with Crippen LogP contribution >= 0.6 is 11.3 Å². The Kier molecular flexibility index (Phi) is 5.54. The number of hydrogen-bond acceptors (Lipinski definition) is 6. The summed E-state index contributed by atoms with van der Waals surface area (Å²) in [7, 11) is 1.24. The van der Waals surface area contributed by atoms with Crippen molar-refractivity contribution in [1.82, 2.24) is 14.8 Å². The van der Waals surface area contributed by atoms with Crippen molar-refractivity contribution in [3.05, 3.63) is 20.7 Å². The minimum absolute atomic E-state index is 0.0996. The molecule has 1 fully saturated rings. The van der Waals surface area contributed by atoms with Gasteiger partial charge in [-0.1, -0.05) is 11.3 Å². The normalized spacial score (nSPS) is 17.7. The number of rotatable bonds is 5. The van der Waals surface area contributed by atoms with E-state index in [1.165, 1.54) is 16.6 Å². The molecule has 2 heterocycles. The first-order valence-electron chi connectivity index (χ1n) is 7.23. The number of carbonyl (C=O) groups is 3. The highest BCUT2D eigenvalue weighted by atomic mass is 32.1. The number of amides is 2. The number of aromatic nitrogens is 1. The standard InChI is InChI=1S/C14H19N3O5S/c1-9-8-23-14(21)16(9)5-3-11(18)17-6-4-15-13(20)10(17)7-12(19)22-2/h8,10H,3-7H2,1-2H3,(H,15,20)/t10-/m0/s1. The van der Waals surface area contributed by atoms with Crippen molar-refractivity contribution < 1.29 is 19.1 Å². The van der Waals surface area contributed by atoms with Crippen molar-refractivity contribution >= 4 is 29.1 Å². The van der Waals surface area contributed by atoms with Crippen LogP contribution in [0.2, 0.25) is 0 Å². The molecule has 9 heteroatoms. The van der Waals surface area contributed by atoms with Crippen LogP contribution in [-0.4, -0.2) is 53.5 Å². The van der Waals surface area contributed by atoms with Crippen LogP contribution in [0.4, 0.5) is 0 Å². The summed E-state index contributed by atoms with van der Waals surface area (Å²) in [4.78, 5) is 48.7. The minimum atomic E-state index is -0.857. The predicted octanol–water partition coefficient (Wildman–Crippen LogP) is -0.502. The Balaban J connectivity index is 2.04. The number of thiazole rings is 1. The first-order chi connectivity index (χ1) is 10.9. The van der Waals surface area contributed by atoms with Gasteiger partial charge in [0, 0.05) is 37.1 Å². The summed E-state index contributed by atoms with van der Waals surface area (Å²) in [6.07, 6.45) is -0.0755. The molecule has 0 saturated carbocycles. The third-order valence-corrected chi connectivity index (χ3v) is 4.65. The number of esters is 1. The quantitative estimate of drug-likeness (QED) is 0.728. The first kappa shape index (κ1) is 17.2. The molecule has 0 radical (unpaired) electrons. The second-order valence-corrected chi connectivity index (χ2v) is 6.04.